The summed E-state index contributed by atoms with van der Waals surface area (Å²) in [6, 6.07) is 4.16. The highest BCUT2D eigenvalue weighted by Gasteiger charge is 2.27. The van der Waals surface area contributed by atoms with Crippen molar-refractivity contribution in [2.75, 3.05) is 13.1 Å². The van der Waals surface area contributed by atoms with Crippen molar-refractivity contribution in [2.24, 2.45) is 0 Å². The fourth-order valence-electron chi connectivity index (χ4n) is 2.75. The van der Waals surface area contributed by atoms with Gasteiger partial charge in [0.1, 0.15) is 0 Å². The summed E-state index contributed by atoms with van der Waals surface area (Å²) in [6.45, 7) is 2.14. The highest BCUT2D eigenvalue weighted by Crippen LogP contribution is 2.38. The maximum Gasteiger partial charge on any atom is 0.177 e. The summed E-state index contributed by atoms with van der Waals surface area (Å²) in [4.78, 5) is 0. The van der Waals surface area contributed by atoms with Crippen LogP contribution in [0.2, 0.25) is 0 Å². The van der Waals surface area contributed by atoms with E-state index >= 15 is 0 Å². The highest BCUT2D eigenvalue weighted by molar-refractivity contribution is 5.85. The quantitative estimate of drug-likeness (QED) is 0.924. The molecule has 0 amide bonds. The van der Waals surface area contributed by atoms with E-state index in [2.05, 4.69) is 27.6 Å². The SMILES string of the molecule is Cl.Cl.c1cc2nnc(C3CCNCC3)n2nc1C1CC1. The minimum atomic E-state index is 0. The molecule has 2 aliphatic rings. The third-order valence-electron chi connectivity index (χ3n) is 4.01. The minimum Gasteiger partial charge on any atom is -0.317 e. The second-order valence-corrected chi connectivity index (χ2v) is 5.38. The molecule has 0 radical (unpaired) electrons. The van der Waals surface area contributed by atoms with E-state index < -0.39 is 0 Å². The molecule has 1 N–H and O–H groups in total. The molecule has 0 unspecified atom stereocenters. The highest BCUT2D eigenvalue weighted by atomic mass is 35.5. The molecule has 0 spiro atoms. The number of rotatable bonds is 2. The Hall–Kier alpha value is -0.910. The van der Waals surface area contributed by atoms with E-state index in [1.165, 1.54) is 18.5 Å². The molecular formula is C13H19Cl2N5. The van der Waals surface area contributed by atoms with Gasteiger partial charge in [-0.1, -0.05) is 0 Å². The van der Waals surface area contributed by atoms with Gasteiger partial charge in [0.25, 0.3) is 0 Å². The first-order chi connectivity index (χ1) is 8.92. The van der Waals surface area contributed by atoms with Gasteiger partial charge in [0.2, 0.25) is 0 Å². The Balaban J connectivity index is 0.000000735. The van der Waals surface area contributed by atoms with Crippen molar-refractivity contribution < 1.29 is 0 Å². The Morgan fingerprint density at radius 1 is 0.950 bits per heavy atom. The number of piperidine rings is 1. The maximum absolute atomic E-state index is 4.74. The third-order valence-corrected chi connectivity index (χ3v) is 4.01. The van der Waals surface area contributed by atoms with Gasteiger partial charge in [-0.25, -0.2) is 0 Å². The summed E-state index contributed by atoms with van der Waals surface area (Å²) in [5.41, 5.74) is 2.09. The Morgan fingerprint density at radius 2 is 1.70 bits per heavy atom. The Labute approximate surface area is 130 Å². The zero-order valence-corrected chi connectivity index (χ0v) is 12.8. The third kappa shape index (κ3) is 2.75. The summed E-state index contributed by atoms with van der Waals surface area (Å²) in [5.74, 6) is 2.23. The van der Waals surface area contributed by atoms with Crippen LogP contribution in [-0.4, -0.2) is 32.9 Å². The topological polar surface area (TPSA) is 55.1 Å². The van der Waals surface area contributed by atoms with Gasteiger partial charge in [-0.05, 0) is 50.9 Å². The predicted octanol–water partition coefficient (Wildman–Crippen LogP) is 2.31. The lowest BCUT2D eigenvalue weighted by molar-refractivity contribution is 0.438. The average molecular weight is 316 g/mol. The van der Waals surface area contributed by atoms with Gasteiger partial charge in [0.15, 0.2) is 11.5 Å². The van der Waals surface area contributed by atoms with Gasteiger partial charge in [-0.15, -0.1) is 35.0 Å². The Kier molecular flexibility index (Phi) is 4.83. The van der Waals surface area contributed by atoms with Crippen LogP contribution >= 0.6 is 24.8 Å². The molecule has 2 fully saturated rings. The van der Waals surface area contributed by atoms with Gasteiger partial charge >= 0.3 is 0 Å². The van der Waals surface area contributed by atoms with Gasteiger partial charge < -0.3 is 5.32 Å². The average Bonchev–Trinajstić information content (AvgIpc) is 3.19. The van der Waals surface area contributed by atoms with Crippen LogP contribution in [0.4, 0.5) is 0 Å². The molecule has 7 heteroatoms. The second kappa shape index (κ2) is 6.24. The minimum absolute atomic E-state index is 0. The molecule has 4 rings (SSSR count). The number of nitrogens with one attached hydrogen (secondary N) is 1. The molecule has 0 bridgehead atoms. The van der Waals surface area contributed by atoms with E-state index in [0.29, 0.717) is 11.8 Å². The summed E-state index contributed by atoms with van der Waals surface area (Å²) in [6.07, 6.45) is 4.83. The molecule has 110 valence electrons. The number of hydrogen-bond donors (Lipinski definition) is 1. The number of fused-ring (bicyclic) bond motifs is 1. The van der Waals surface area contributed by atoms with Crippen LogP contribution in [0.1, 0.15) is 49.0 Å². The molecule has 0 aromatic carbocycles. The zero-order chi connectivity index (χ0) is 11.9. The molecule has 1 saturated carbocycles. The van der Waals surface area contributed by atoms with Crippen molar-refractivity contribution in [1.29, 1.82) is 0 Å². The molecular weight excluding hydrogens is 297 g/mol. The fraction of sp³-hybridized carbons (Fsp3) is 0.615. The summed E-state index contributed by atoms with van der Waals surface area (Å²) < 4.78 is 1.98. The molecule has 5 nitrogen and oxygen atoms in total. The van der Waals surface area contributed by atoms with Crippen LogP contribution in [0.25, 0.3) is 5.65 Å². The molecule has 1 aliphatic carbocycles. The molecule has 1 aliphatic heterocycles. The van der Waals surface area contributed by atoms with E-state index in [1.54, 1.807) is 0 Å². The molecule has 20 heavy (non-hydrogen) atoms. The lowest BCUT2D eigenvalue weighted by Gasteiger charge is -2.20. The van der Waals surface area contributed by atoms with Gasteiger partial charge in [0, 0.05) is 11.8 Å². The largest absolute Gasteiger partial charge is 0.317 e. The lowest BCUT2D eigenvalue weighted by Crippen LogP contribution is -2.27. The van der Waals surface area contributed by atoms with Crippen molar-refractivity contribution in [3.8, 4) is 0 Å². The van der Waals surface area contributed by atoms with Crippen molar-refractivity contribution in [3.63, 3.8) is 0 Å². The first-order valence-corrected chi connectivity index (χ1v) is 6.85. The smallest absolute Gasteiger partial charge is 0.177 e. The van der Waals surface area contributed by atoms with Gasteiger partial charge in [-0.3, -0.25) is 0 Å². The normalized spacial score (nSPS) is 19.4. The van der Waals surface area contributed by atoms with Crippen LogP contribution in [-0.2, 0) is 0 Å². The van der Waals surface area contributed by atoms with E-state index in [0.717, 1.165) is 37.4 Å². The van der Waals surface area contributed by atoms with Crippen LogP contribution in [0.3, 0.4) is 0 Å². The van der Waals surface area contributed by atoms with E-state index in [9.17, 15) is 0 Å². The molecule has 3 heterocycles. The summed E-state index contributed by atoms with van der Waals surface area (Å²) in [5, 5.41) is 16.7. The summed E-state index contributed by atoms with van der Waals surface area (Å²) >= 11 is 0. The zero-order valence-electron chi connectivity index (χ0n) is 11.2. The fourth-order valence-corrected chi connectivity index (χ4v) is 2.75. The molecule has 0 atom stereocenters. The molecule has 2 aromatic heterocycles. The van der Waals surface area contributed by atoms with Crippen molar-refractivity contribution in [3.05, 3.63) is 23.7 Å². The lowest BCUT2D eigenvalue weighted by atomic mass is 9.97. The summed E-state index contributed by atoms with van der Waals surface area (Å²) in [7, 11) is 0. The molecule has 2 aromatic rings. The van der Waals surface area contributed by atoms with Crippen LogP contribution in [0.15, 0.2) is 12.1 Å². The predicted molar refractivity (Wildman–Crippen MR) is 82.1 cm³/mol. The first-order valence-electron chi connectivity index (χ1n) is 6.85. The van der Waals surface area contributed by atoms with Crippen LogP contribution < -0.4 is 5.32 Å². The van der Waals surface area contributed by atoms with E-state index in [4.69, 9.17) is 5.10 Å². The van der Waals surface area contributed by atoms with Crippen molar-refractivity contribution in [2.45, 2.75) is 37.5 Å². The van der Waals surface area contributed by atoms with Gasteiger partial charge in [-0.2, -0.15) is 9.61 Å². The monoisotopic (exact) mass is 315 g/mol. The van der Waals surface area contributed by atoms with E-state index in [1.807, 2.05) is 4.52 Å². The standard InChI is InChI=1S/C13H17N5.2ClH/c1-2-9(1)11-3-4-12-15-16-13(18(12)17-11)10-5-7-14-8-6-10;;/h3-4,9-10,14H,1-2,5-8H2;2*1H. The number of nitrogens with zero attached hydrogens (tertiary/aromatic N) is 4. The molecule has 1 saturated heterocycles. The first kappa shape index (κ1) is 15.5. The van der Waals surface area contributed by atoms with Crippen LogP contribution in [0.5, 0.6) is 0 Å². The Morgan fingerprint density at radius 3 is 2.40 bits per heavy atom. The van der Waals surface area contributed by atoms with Gasteiger partial charge in [0.05, 0.1) is 5.69 Å². The number of halogens is 2. The Bertz CT molecular complexity index is 575. The maximum atomic E-state index is 4.74. The second-order valence-electron chi connectivity index (χ2n) is 5.38. The number of aromatic nitrogens is 4. The van der Waals surface area contributed by atoms with Crippen molar-refractivity contribution >= 4 is 30.5 Å². The van der Waals surface area contributed by atoms with E-state index in [-0.39, 0.29) is 24.8 Å². The van der Waals surface area contributed by atoms with Crippen LogP contribution in [0, 0.1) is 0 Å². The van der Waals surface area contributed by atoms with Crippen molar-refractivity contribution in [1.82, 2.24) is 25.1 Å². The number of hydrogen-bond acceptors (Lipinski definition) is 4.